The Morgan fingerprint density at radius 2 is 1.94 bits per heavy atom. The third-order valence-corrected chi connectivity index (χ3v) is 5.21. The zero-order chi connectivity index (χ0) is 12.0. The average molecular weight is 244 g/mol. The van der Waals surface area contributed by atoms with E-state index >= 15 is 0 Å². The molecular weight excluding hydrogens is 224 g/mol. The molecule has 0 aromatic rings. The van der Waals surface area contributed by atoms with Gasteiger partial charge in [-0.25, -0.2) is 8.42 Å². The first-order valence-corrected chi connectivity index (χ1v) is 7.62. The molecule has 1 aliphatic rings. The van der Waals surface area contributed by atoms with Crippen molar-refractivity contribution in [1.82, 2.24) is 0 Å². The van der Waals surface area contributed by atoms with Gasteiger partial charge in [0.25, 0.3) is 0 Å². The molecule has 1 saturated carbocycles. The molecule has 0 N–H and O–H groups in total. The molecule has 0 aromatic heterocycles. The number of nitrogens with zero attached hydrogens (tertiary/aromatic N) is 2. The Kier molecular flexibility index (Phi) is 5.16. The van der Waals surface area contributed by atoms with Gasteiger partial charge in [-0.1, -0.05) is 26.2 Å². The SMILES string of the molecule is CCCCC1CCC(S(=O)(=O)C=[N+]=[N-])CC1. The number of hydrogen-bond donors (Lipinski definition) is 0. The van der Waals surface area contributed by atoms with Crippen molar-refractivity contribution in [2.45, 2.75) is 57.1 Å². The van der Waals surface area contributed by atoms with Crippen LogP contribution in [-0.2, 0) is 9.84 Å². The summed E-state index contributed by atoms with van der Waals surface area (Å²) in [4.78, 5) is 2.64. The normalized spacial score (nSPS) is 26.1. The minimum atomic E-state index is -3.32. The van der Waals surface area contributed by atoms with Crippen LogP contribution in [0.1, 0.15) is 51.9 Å². The molecule has 0 atom stereocenters. The van der Waals surface area contributed by atoms with E-state index in [-0.39, 0.29) is 5.25 Å². The summed E-state index contributed by atoms with van der Waals surface area (Å²) in [6.07, 6.45) is 7.06. The number of sulfone groups is 1. The molecule has 0 unspecified atom stereocenters. The second-order valence-corrected chi connectivity index (χ2v) is 6.65. The molecule has 0 saturated heterocycles. The number of rotatable bonds is 5. The van der Waals surface area contributed by atoms with Gasteiger partial charge in [0.05, 0.1) is 5.25 Å². The maximum absolute atomic E-state index is 11.6. The van der Waals surface area contributed by atoms with Gasteiger partial charge in [-0.3, -0.25) is 0 Å². The summed E-state index contributed by atoms with van der Waals surface area (Å²) in [5.74, 6) is 0.692. The predicted molar refractivity (Wildman–Crippen MR) is 63.9 cm³/mol. The summed E-state index contributed by atoms with van der Waals surface area (Å²) in [5.41, 5.74) is 8.98. The lowest BCUT2D eigenvalue weighted by Gasteiger charge is -2.26. The van der Waals surface area contributed by atoms with E-state index in [2.05, 4.69) is 11.7 Å². The molecule has 0 aromatic carbocycles. The predicted octanol–water partition coefficient (Wildman–Crippen LogP) is 2.41. The maximum atomic E-state index is 11.6. The highest BCUT2D eigenvalue weighted by Crippen LogP contribution is 2.31. The summed E-state index contributed by atoms with van der Waals surface area (Å²) in [5, 5.41) is -0.332. The summed E-state index contributed by atoms with van der Waals surface area (Å²) >= 11 is 0. The fraction of sp³-hybridized carbons (Fsp3) is 0.909. The maximum Gasteiger partial charge on any atom is 0.370 e. The molecule has 1 aliphatic carbocycles. The van der Waals surface area contributed by atoms with Gasteiger partial charge in [0.15, 0.2) is 0 Å². The van der Waals surface area contributed by atoms with Crippen molar-refractivity contribution in [3.63, 3.8) is 0 Å². The molecule has 1 rings (SSSR count). The van der Waals surface area contributed by atoms with Crippen LogP contribution in [0.3, 0.4) is 0 Å². The van der Waals surface area contributed by atoms with Crippen LogP contribution in [-0.4, -0.2) is 24.0 Å². The van der Waals surface area contributed by atoms with Gasteiger partial charge in [0.2, 0.25) is 9.84 Å². The van der Waals surface area contributed by atoms with Gasteiger partial charge in [-0.15, -0.1) is 0 Å². The van der Waals surface area contributed by atoms with Crippen LogP contribution in [0.5, 0.6) is 0 Å². The molecule has 0 amide bonds. The van der Waals surface area contributed by atoms with Crippen molar-refractivity contribution in [3.8, 4) is 0 Å². The minimum Gasteiger partial charge on any atom is -0.361 e. The van der Waals surface area contributed by atoms with E-state index in [1.54, 1.807) is 0 Å². The summed E-state index contributed by atoms with van der Waals surface area (Å²) < 4.78 is 23.2. The van der Waals surface area contributed by atoms with Gasteiger partial charge in [-0.2, -0.15) is 4.79 Å². The van der Waals surface area contributed by atoms with Crippen LogP contribution in [0.15, 0.2) is 0 Å². The highest BCUT2D eigenvalue weighted by Gasteiger charge is 2.31. The van der Waals surface area contributed by atoms with Crippen molar-refractivity contribution in [3.05, 3.63) is 5.53 Å². The van der Waals surface area contributed by atoms with Gasteiger partial charge in [0.1, 0.15) is 0 Å². The first kappa shape index (κ1) is 13.4. The van der Waals surface area contributed by atoms with E-state index in [0.717, 1.165) is 12.8 Å². The second kappa shape index (κ2) is 6.16. The number of unbranched alkanes of at least 4 members (excludes halogenated alkanes) is 1. The highest BCUT2D eigenvalue weighted by molar-refractivity contribution is 8.04. The van der Waals surface area contributed by atoms with Crippen molar-refractivity contribution >= 4 is 15.4 Å². The van der Waals surface area contributed by atoms with Crippen LogP contribution in [0.2, 0.25) is 0 Å². The third-order valence-electron chi connectivity index (χ3n) is 3.42. The van der Waals surface area contributed by atoms with Crippen molar-refractivity contribution in [2.24, 2.45) is 5.92 Å². The van der Waals surface area contributed by atoms with Gasteiger partial charge < -0.3 is 5.53 Å². The van der Waals surface area contributed by atoms with E-state index < -0.39 is 9.84 Å². The summed E-state index contributed by atoms with van der Waals surface area (Å²) in [6.45, 7) is 2.17. The Balaban J connectivity index is 2.46. The molecule has 92 valence electrons. The lowest BCUT2D eigenvalue weighted by Crippen LogP contribution is -2.28. The molecular formula is C11H20N2O2S. The summed E-state index contributed by atoms with van der Waals surface area (Å²) in [7, 11) is -3.32. The lowest BCUT2D eigenvalue weighted by molar-refractivity contribution is 0.00742. The Morgan fingerprint density at radius 1 is 1.31 bits per heavy atom. The van der Waals surface area contributed by atoms with Crippen LogP contribution in [0, 0.1) is 5.92 Å². The Hall–Kier alpha value is -0.670. The average Bonchev–Trinajstić information content (AvgIpc) is 2.27. The lowest BCUT2D eigenvalue weighted by atomic mass is 9.85. The van der Waals surface area contributed by atoms with Gasteiger partial charge >= 0.3 is 5.55 Å². The molecule has 0 bridgehead atoms. The van der Waals surface area contributed by atoms with Crippen LogP contribution in [0.25, 0.3) is 5.53 Å². The standard InChI is InChI=1S/C11H20N2O2S/c1-2-3-4-10-5-7-11(8-6-10)16(14,15)9-13-12/h9-11H,2-8H2,1H3. The highest BCUT2D eigenvalue weighted by atomic mass is 32.2. The van der Waals surface area contributed by atoms with Crippen LogP contribution >= 0.6 is 0 Å². The van der Waals surface area contributed by atoms with Gasteiger partial charge in [-0.05, 0) is 31.6 Å². The van der Waals surface area contributed by atoms with Gasteiger partial charge in [0, 0.05) is 0 Å². The molecule has 16 heavy (non-hydrogen) atoms. The van der Waals surface area contributed by atoms with Crippen LogP contribution in [0.4, 0.5) is 0 Å². The first-order chi connectivity index (χ1) is 7.60. The van der Waals surface area contributed by atoms with Crippen LogP contribution < -0.4 is 0 Å². The smallest absolute Gasteiger partial charge is 0.361 e. The van der Waals surface area contributed by atoms with E-state index in [1.165, 1.54) is 19.3 Å². The Bertz CT molecular complexity index is 350. The molecule has 5 heteroatoms. The third kappa shape index (κ3) is 3.72. The van der Waals surface area contributed by atoms with Crippen molar-refractivity contribution in [1.29, 1.82) is 0 Å². The molecule has 0 heterocycles. The fourth-order valence-corrected chi connectivity index (χ4v) is 3.63. The molecule has 1 fully saturated rings. The Morgan fingerprint density at radius 3 is 2.44 bits per heavy atom. The topological polar surface area (TPSA) is 70.5 Å². The van der Waals surface area contributed by atoms with E-state index in [4.69, 9.17) is 5.53 Å². The zero-order valence-electron chi connectivity index (χ0n) is 9.80. The quantitative estimate of drug-likeness (QED) is 0.322. The molecule has 0 radical (unpaired) electrons. The summed E-state index contributed by atoms with van der Waals surface area (Å²) in [6, 6.07) is 0. The number of hydrogen-bond acceptors (Lipinski definition) is 2. The first-order valence-electron chi connectivity index (χ1n) is 6.01. The Labute approximate surface area is 97.6 Å². The van der Waals surface area contributed by atoms with E-state index in [0.29, 0.717) is 24.3 Å². The molecule has 0 aliphatic heterocycles. The fourth-order valence-electron chi connectivity index (χ4n) is 2.39. The second-order valence-electron chi connectivity index (χ2n) is 4.59. The van der Waals surface area contributed by atoms with E-state index in [9.17, 15) is 8.42 Å². The molecule has 4 nitrogen and oxygen atoms in total. The minimum absolute atomic E-state index is 0.332. The largest absolute Gasteiger partial charge is 0.370 e. The molecule has 0 spiro atoms. The van der Waals surface area contributed by atoms with E-state index in [1.807, 2.05) is 0 Å². The monoisotopic (exact) mass is 244 g/mol. The van der Waals surface area contributed by atoms with Crippen molar-refractivity contribution in [2.75, 3.05) is 0 Å². The van der Waals surface area contributed by atoms with Crippen molar-refractivity contribution < 1.29 is 13.2 Å². The zero-order valence-corrected chi connectivity index (χ0v) is 10.6.